The lowest BCUT2D eigenvalue weighted by Gasteiger charge is -2.13. The Morgan fingerprint density at radius 3 is 2.45 bits per heavy atom. The lowest BCUT2D eigenvalue weighted by molar-refractivity contribution is -0.130. The highest BCUT2D eigenvalue weighted by molar-refractivity contribution is 6.26. The lowest BCUT2D eigenvalue weighted by atomic mass is 9.89. The van der Waals surface area contributed by atoms with Crippen LogP contribution in [0.1, 0.15) is 21.5 Å². The summed E-state index contributed by atoms with van der Waals surface area (Å²) >= 11 is 0. The van der Waals surface area contributed by atoms with Gasteiger partial charge in [0, 0.05) is 30.0 Å². The van der Waals surface area contributed by atoms with Crippen LogP contribution in [0.3, 0.4) is 0 Å². The molecule has 0 amide bonds. The molecule has 1 aromatic heterocycles. The Morgan fingerprint density at radius 2 is 1.77 bits per heavy atom. The van der Waals surface area contributed by atoms with E-state index in [1.54, 1.807) is 67.0 Å². The van der Waals surface area contributed by atoms with Crippen LogP contribution in [0.4, 0.5) is 0 Å². The van der Waals surface area contributed by atoms with Crippen LogP contribution in [0, 0.1) is 0 Å². The maximum absolute atomic E-state index is 13.5. The van der Waals surface area contributed by atoms with Gasteiger partial charge in [-0.05, 0) is 53.6 Å². The zero-order chi connectivity index (χ0) is 21.8. The van der Waals surface area contributed by atoms with Gasteiger partial charge in [0.15, 0.2) is 17.3 Å². The SMILES string of the molecule is COc1ccc(C(=O)/C(Cc2cccnc2)=C(\C(=O)O)c2ccc3c(c2)OCO3)cc1. The largest absolute Gasteiger partial charge is 0.497 e. The van der Waals surface area contributed by atoms with Gasteiger partial charge in [0.2, 0.25) is 6.79 Å². The van der Waals surface area contributed by atoms with E-state index in [-0.39, 0.29) is 30.1 Å². The van der Waals surface area contributed by atoms with Gasteiger partial charge in [0.25, 0.3) is 0 Å². The van der Waals surface area contributed by atoms with Crippen LogP contribution < -0.4 is 14.2 Å². The van der Waals surface area contributed by atoms with E-state index in [1.807, 2.05) is 0 Å². The molecule has 1 N–H and O–H groups in total. The average molecular weight is 417 g/mol. The number of ether oxygens (including phenoxy) is 3. The van der Waals surface area contributed by atoms with E-state index in [0.29, 0.717) is 28.4 Å². The Morgan fingerprint density at radius 1 is 1.03 bits per heavy atom. The number of carbonyl (C=O) groups excluding carboxylic acids is 1. The summed E-state index contributed by atoms with van der Waals surface area (Å²) in [6.07, 6.45) is 3.34. The molecule has 1 aliphatic heterocycles. The molecule has 2 heterocycles. The van der Waals surface area contributed by atoms with Gasteiger partial charge in [-0.2, -0.15) is 0 Å². The first-order chi connectivity index (χ1) is 15.1. The topological polar surface area (TPSA) is 95.0 Å². The fourth-order valence-electron chi connectivity index (χ4n) is 3.38. The van der Waals surface area contributed by atoms with E-state index in [2.05, 4.69) is 4.98 Å². The molecular formula is C24H19NO6. The summed E-state index contributed by atoms with van der Waals surface area (Å²) in [7, 11) is 1.53. The Labute approximate surface area is 178 Å². The molecule has 3 aromatic rings. The number of aliphatic carboxylic acids is 1. The van der Waals surface area contributed by atoms with Crippen molar-refractivity contribution in [2.45, 2.75) is 6.42 Å². The molecule has 0 atom stereocenters. The maximum atomic E-state index is 13.5. The van der Waals surface area contributed by atoms with Crippen molar-refractivity contribution in [1.82, 2.24) is 4.98 Å². The van der Waals surface area contributed by atoms with Gasteiger partial charge >= 0.3 is 5.97 Å². The summed E-state index contributed by atoms with van der Waals surface area (Å²) in [4.78, 5) is 29.9. The van der Waals surface area contributed by atoms with Gasteiger partial charge in [-0.15, -0.1) is 0 Å². The molecule has 156 valence electrons. The minimum absolute atomic E-state index is 0.0677. The van der Waals surface area contributed by atoms with E-state index in [9.17, 15) is 14.7 Å². The van der Waals surface area contributed by atoms with Gasteiger partial charge in [-0.1, -0.05) is 12.1 Å². The highest BCUT2D eigenvalue weighted by Gasteiger charge is 2.25. The van der Waals surface area contributed by atoms with Crippen molar-refractivity contribution in [3.63, 3.8) is 0 Å². The predicted octanol–water partition coefficient (Wildman–Crippen LogP) is 3.78. The molecule has 1 aliphatic rings. The van der Waals surface area contributed by atoms with Crippen molar-refractivity contribution in [3.05, 3.63) is 89.3 Å². The number of fused-ring (bicyclic) bond motifs is 1. The van der Waals surface area contributed by atoms with E-state index in [0.717, 1.165) is 5.56 Å². The van der Waals surface area contributed by atoms with E-state index in [1.165, 1.54) is 7.11 Å². The smallest absolute Gasteiger partial charge is 0.336 e. The molecule has 7 nitrogen and oxygen atoms in total. The zero-order valence-electron chi connectivity index (χ0n) is 16.7. The second-order valence-corrected chi connectivity index (χ2v) is 6.82. The highest BCUT2D eigenvalue weighted by atomic mass is 16.7. The summed E-state index contributed by atoms with van der Waals surface area (Å²) < 4.78 is 15.9. The van der Waals surface area contributed by atoms with Gasteiger partial charge in [0.1, 0.15) is 5.75 Å². The van der Waals surface area contributed by atoms with Crippen LogP contribution in [0.2, 0.25) is 0 Å². The predicted molar refractivity (Wildman–Crippen MR) is 112 cm³/mol. The molecule has 0 unspecified atom stereocenters. The molecule has 0 saturated carbocycles. The zero-order valence-corrected chi connectivity index (χ0v) is 16.7. The second-order valence-electron chi connectivity index (χ2n) is 6.82. The normalized spacial score (nSPS) is 12.8. The number of rotatable bonds is 7. The Hall–Kier alpha value is -4.13. The summed E-state index contributed by atoms with van der Waals surface area (Å²) in [6.45, 7) is 0.0677. The number of carboxylic acid groups (broad SMARTS) is 1. The summed E-state index contributed by atoms with van der Waals surface area (Å²) in [6, 6.07) is 14.9. The fraction of sp³-hybridized carbons (Fsp3) is 0.125. The third-order valence-corrected chi connectivity index (χ3v) is 4.91. The van der Waals surface area contributed by atoms with E-state index in [4.69, 9.17) is 14.2 Å². The van der Waals surface area contributed by atoms with Gasteiger partial charge < -0.3 is 19.3 Å². The number of hydrogen-bond acceptors (Lipinski definition) is 6. The monoisotopic (exact) mass is 417 g/mol. The number of pyridine rings is 1. The van der Waals surface area contributed by atoms with Crippen molar-refractivity contribution in [2.75, 3.05) is 13.9 Å². The first kappa shape index (κ1) is 20.2. The number of hydrogen-bond donors (Lipinski definition) is 1. The van der Waals surface area contributed by atoms with Gasteiger partial charge in [-0.3, -0.25) is 9.78 Å². The number of nitrogens with zero attached hydrogens (tertiary/aromatic N) is 1. The third-order valence-electron chi connectivity index (χ3n) is 4.91. The molecule has 7 heteroatoms. The number of carbonyl (C=O) groups is 2. The summed E-state index contributed by atoms with van der Waals surface area (Å²) in [5.41, 5.74) is 1.49. The third kappa shape index (κ3) is 4.25. The van der Waals surface area contributed by atoms with Crippen molar-refractivity contribution >= 4 is 17.3 Å². The number of ketones is 1. The average Bonchev–Trinajstić information content (AvgIpc) is 3.27. The molecule has 0 spiro atoms. The summed E-state index contributed by atoms with van der Waals surface area (Å²) in [5, 5.41) is 10.1. The fourth-order valence-corrected chi connectivity index (χ4v) is 3.38. The molecule has 0 radical (unpaired) electrons. The van der Waals surface area contributed by atoms with Crippen LogP contribution in [0.15, 0.2) is 72.6 Å². The molecule has 2 aromatic carbocycles. The standard InChI is InChI=1S/C24H19NO6/c1-29-18-7-4-16(5-8-18)23(26)19(11-15-3-2-10-25-13-15)22(24(27)28)17-6-9-20-21(12-17)31-14-30-20/h2-10,12-13H,11,14H2,1H3,(H,27,28)/b22-19-. The maximum Gasteiger partial charge on any atom is 0.336 e. The van der Waals surface area contributed by atoms with Gasteiger partial charge in [-0.25, -0.2) is 4.79 Å². The molecular weight excluding hydrogens is 398 g/mol. The Balaban J connectivity index is 1.86. The Bertz CT molecular complexity index is 1150. The number of aromatic nitrogens is 1. The number of benzene rings is 2. The van der Waals surface area contributed by atoms with Crippen molar-refractivity contribution in [1.29, 1.82) is 0 Å². The first-order valence-corrected chi connectivity index (χ1v) is 9.51. The quantitative estimate of drug-likeness (QED) is 0.462. The minimum Gasteiger partial charge on any atom is -0.497 e. The van der Waals surface area contributed by atoms with Crippen molar-refractivity contribution in [3.8, 4) is 17.2 Å². The summed E-state index contributed by atoms with van der Waals surface area (Å²) in [5.74, 6) is -0.0255. The highest BCUT2D eigenvalue weighted by Crippen LogP contribution is 2.36. The number of allylic oxidation sites excluding steroid dienone is 1. The number of Topliss-reactive ketones (excluding diaryl/α,β-unsaturated/α-hetero) is 1. The second kappa shape index (κ2) is 8.71. The molecule has 0 saturated heterocycles. The lowest BCUT2D eigenvalue weighted by Crippen LogP contribution is -2.14. The van der Waals surface area contributed by atoms with Crippen LogP contribution in [0.5, 0.6) is 17.2 Å². The number of methoxy groups -OCH3 is 1. The van der Waals surface area contributed by atoms with Crippen LogP contribution in [0.25, 0.3) is 5.57 Å². The Kier molecular flexibility index (Phi) is 5.66. The first-order valence-electron chi connectivity index (χ1n) is 9.51. The van der Waals surface area contributed by atoms with Crippen molar-refractivity contribution in [2.24, 2.45) is 0 Å². The minimum atomic E-state index is -1.21. The van der Waals surface area contributed by atoms with Crippen molar-refractivity contribution < 1.29 is 28.9 Å². The molecule has 0 fully saturated rings. The molecule has 0 bridgehead atoms. The van der Waals surface area contributed by atoms with E-state index < -0.39 is 5.97 Å². The molecule has 31 heavy (non-hydrogen) atoms. The molecule has 0 aliphatic carbocycles. The number of carboxylic acids is 1. The van der Waals surface area contributed by atoms with Crippen LogP contribution >= 0.6 is 0 Å². The van der Waals surface area contributed by atoms with Crippen LogP contribution in [-0.2, 0) is 11.2 Å². The van der Waals surface area contributed by atoms with E-state index >= 15 is 0 Å². The van der Waals surface area contributed by atoms with Gasteiger partial charge in [0.05, 0.1) is 12.7 Å². The van der Waals surface area contributed by atoms with Crippen LogP contribution in [-0.4, -0.2) is 35.7 Å². The molecule has 4 rings (SSSR count).